The first kappa shape index (κ1) is 24.3. The summed E-state index contributed by atoms with van der Waals surface area (Å²) in [4.78, 5) is 14.8. The van der Waals surface area contributed by atoms with Crippen LogP contribution in [0.3, 0.4) is 0 Å². The Kier molecular flexibility index (Phi) is 8.36. The van der Waals surface area contributed by atoms with E-state index in [-0.39, 0.29) is 6.03 Å². The lowest BCUT2D eigenvalue weighted by Gasteiger charge is -2.32. The van der Waals surface area contributed by atoms with E-state index in [9.17, 15) is 10.1 Å². The maximum Gasteiger partial charge on any atom is 0.314 e. The Morgan fingerprint density at radius 2 is 1.86 bits per heavy atom. The van der Waals surface area contributed by atoms with Gasteiger partial charge in [-0.15, -0.1) is 0 Å². The fourth-order valence-electron chi connectivity index (χ4n) is 4.60. The molecule has 1 saturated heterocycles. The van der Waals surface area contributed by atoms with Gasteiger partial charge in [0.2, 0.25) is 0 Å². The molecule has 4 rings (SSSR count). The maximum atomic E-state index is 12.3. The summed E-state index contributed by atoms with van der Waals surface area (Å²) in [6, 6.07) is 22.0. The first-order chi connectivity index (χ1) is 17.1. The Labute approximate surface area is 206 Å². The van der Waals surface area contributed by atoms with Gasteiger partial charge in [-0.3, -0.25) is 4.90 Å². The third-order valence-corrected chi connectivity index (χ3v) is 6.39. The molecule has 182 valence electrons. The van der Waals surface area contributed by atoms with Crippen LogP contribution in [0.15, 0.2) is 60.7 Å². The molecular weight excluding hydrogens is 438 g/mol. The molecule has 1 aromatic heterocycles. The number of benzene rings is 2. The molecule has 2 heterocycles. The number of nitrogen functional groups attached to an aromatic ring is 1. The predicted molar refractivity (Wildman–Crippen MR) is 137 cm³/mol. The van der Waals surface area contributed by atoms with E-state index in [1.807, 2.05) is 36.4 Å². The minimum Gasteiger partial charge on any atom is -0.382 e. The fraction of sp³-hybridized carbons (Fsp3) is 0.370. The number of carbonyl (C=O) groups is 1. The van der Waals surface area contributed by atoms with Gasteiger partial charge in [0.05, 0.1) is 11.4 Å². The highest BCUT2D eigenvalue weighted by atomic mass is 16.2. The smallest absolute Gasteiger partial charge is 0.314 e. The highest BCUT2D eigenvalue weighted by Gasteiger charge is 2.20. The molecule has 0 spiro atoms. The molecule has 1 aliphatic heterocycles. The number of piperidine rings is 1. The molecule has 3 aromatic rings. The van der Waals surface area contributed by atoms with Crippen LogP contribution < -0.4 is 16.4 Å². The summed E-state index contributed by atoms with van der Waals surface area (Å²) in [5.41, 5.74) is 9.35. The normalized spacial score (nSPS) is 15.9. The molecule has 8 nitrogen and oxygen atoms in total. The summed E-state index contributed by atoms with van der Waals surface area (Å²) in [5.74, 6) is 0.800. The molecule has 0 saturated carbocycles. The molecule has 1 atom stereocenters. The molecule has 8 heteroatoms. The van der Waals surface area contributed by atoms with Gasteiger partial charge in [-0.25, -0.2) is 9.48 Å². The zero-order valence-corrected chi connectivity index (χ0v) is 20.0. The van der Waals surface area contributed by atoms with Crippen LogP contribution >= 0.6 is 0 Å². The number of aromatic nitrogens is 2. The molecule has 0 radical (unpaired) electrons. The third kappa shape index (κ3) is 6.61. The van der Waals surface area contributed by atoms with Crippen molar-refractivity contribution in [3.8, 4) is 11.8 Å². The van der Waals surface area contributed by atoms with Crippen molar-refractivity contribution in [2.75, 3.05) is 31.9 Å². The Bertz CT molecular complexity index is 1140. The van der Waals surface area contributed by atoms with Crippen LogP contribution in [0.4, 0.5) is 10.6 Å². The number of carbonyl (C=O) groups excluding carboxylic acids is 1. The van der Waals surface area contributed by atoms with E-state index >= 15 is 0 Å². The number of anilines is 1. The van der Waals surface area contributed by atoms with Gasteiger partial charge in [-0.2, -0.15) is 10.4 Å². The number of nitrogens with two attached hydrogens (primary N) is 1. The second-order valence-electron chi connectivity index (χ2n) is 9.04. The molecular formula is C27H33N7O. The van der Waals surface area contributed by atoms with Crippen molar-refractivity contribution in [2.24, 2.45) is 5.92 Å². The molecule has 0 bridgehead atoms. The van der Waals surface area contributed by atoms with E-state index in [1.165, 1.54) is 5.56 Å². The molecule has 2 amide bonds. The Balaban J connectivity index is 1.19. The SMILES string of the molecule is N#Cc1c(CCCNC(=O)NCC2CCCN(Cc3ccccc3)C2)nn(-c2ccccc2)c1N. The molecule has 2 aromatic carbocycles. The first-order valence-electron chi connectivity index (χ1n) is 12.2. The number of aryl methyl sites for hydroxylation is 1. The zero-order valence-electron chi connectivity index (χ0n) is 20.0. The third-order valence-electron chi connectivity index (χ3n) is 6.39. The molecule has 0 aliphatic carbocycles. The summed E-state index contributed by atoms with van der Waals surface area (Å²) in [7, 11) is 0. The van der Waals surface area contributed by atoms with Crippen molar-refractivity contribution < 1.29 is 4.79 Å². The number of nitriles is 1. The lowest BCUT2D eigenvalue weighted by Crippen LogP contribution is -2.43. The monoisotopic (exact) mass is 471 g/mol. The van der Waals surface area contributed by atoms with Crippen LogP contribution in [-0.4, -0.2) is 46.9 Å². The number of urea groups is 1. The summed E-state index contributed by atoms with van der Waals surface area (Å²) in [5, 5.41) is 20.0. The number of nitrogens with zero attached hydrogens (tertiary/aromatic N) is 4. The maximum absolute atomic E-state index is 12.3. The number of nitrogens with one attached hydrogen (secondary N) is 2. The first-order valence-corrected chi connectivity index (χ1v) is 12.2. The van der Waals surface area contributed by atoms with Gasteiger partial charge in [0.15, 0.2) is 0 Å². The van der Waals surface area contributed by atoms with Crippen molar-refractivity contribution in [3.05, 3.63) is 77.5 Å². The van der Waals surface area contributed by atoms with Crippen LogP contribution in [-0.2, 0) is 13.0 Å². The van der Waals surface area contributed by atoms with E-state index in [4.69, 9.17) is 5.73 Å². The summed E-state index contributed by atoms with van der Waals surface area (Å²) < 4.78 is 1.60. The summed E-state index contributed by atoms with van der Waals surface area (Å²) >= 11 is 0. The Hall–Kier alpha value is -3.83. The van der Waals surface area contributed by atoms with E-state index in [0.29, 0.717) is 48.9 Å². The van der Waals surface area contributed by atoms with Crippen LogP contribution in [0.25, 0.3) is 5.69 Å². The van der Waals surface area contributed by atoms with Crippen LogP contribution in [0.2, 0.25) is 0 Å². The molecule has 4 N–H and O–H groups in total. The van der Waals surface area contributed by atoms with Crippen LogP contribution in [0.1, 0.15) is 36.1 Å². The van der Waals surface area contributed by atoms with Gasteiger partial charge in [0, 0.05) is 26.2 Å². The predicted octanol–water partition coefficient (Wildman–Crippen LogP) is 3.47. The summed E-state index contributed by atoms with van der Waals surface area (Å²) in [6.45, 7) is 4.23. The Morgan fingerprint density at radius 3 is 2.60 bits per heavy atom. The zero-order chi connectivity index (χ0) is 24.5. The number of amides is 2. The van der Waals surface area contributed by atoms with Crippen molar-refractivity contribution in [1.29, 1.82) is 5.26 Å². The second kappa shape index (κ2) is 12.0. The van der Waals surface area contributed by atoms with Crippen molar-refractivity contribution >= 4 is 11.8 Å². The molecule has 35 heavy (non-hydrogen) atoms. The van der Waals surface area contributed by atoms with Crippen LogP contribution in [0.5, 0.6) is 0 Å². The van der Waals surface area contributed by atoms with E-state index in [2.05, 4.69) is 51.0 Å². The average molecular weight is 472 g/mol. The lowest BCUT2D eigenvalue weighted by molar-refractivity contribution is 0.165. The molecule has 1 fully saturated rings. The number of hydrogen-bond acceptors (Lipinski definition) is 5. The summed E-state index contributed by atoms with van der Waals surface area (Å²) in [6.07, 6.45) is 3.51. The average Bonchev–Trinajstić information content (AvgIpc) is 3.21. The van der Waals surface area contributed by atoms with Crippen molar-refractivity contribution in [3.63, 3.8) is 0 Å². The highest BCUT2D eigenvalue weighted by Crippen LogP contribution is 2.21. The second-order valence-corrected chi connectivity index (χ2v) is 9.04. The highest BCUT2D eigenvalue weighted by molar-refractivity contribution is 5.73. The largest absolute Gasteiger partial charge is 0.382 e. The van der Waals surface area contributed by atoms with Crippen molar-refractivity contribution in [2.45, 2.75) is 32.2 Å². The lowest BCUT2D eigenvalue weighted by atomic mass is 9.97. The van der Waals surface area contributed by atoms with E-state index in [0.717, 1.165) is 38.2 Å². The topological polar surface area (TPSA) is 112 Å². The van der Waals surface area contributed by atoms with E-state index in [1.54, 1.807) is 4.68 Å². The van der Waals surface area contributed by atoms with Gasteiger partial charge in [-0.05, 0) is 55.8 Å². The van der Waals surface area contributed by atoms with Gasteiger partial charge in [0.1, 0.15) is 17.5 Å². The van der Waals surface area contributed by atoms with Gasteiger partial charge in [0.25, 0.3) is 0 Å². The quantitative estimate of drug-likeness (QED) is 0.414. The molecule has 1 aliphatic rings. The Morgan fingerprint density at radius 1 is 1.11 bits per heavy atom. The molecule has 1 unspecified atom stereocenters. The van der Waals surface area contributed by atoms with Crippen molar-refractivity contribution in [1.82, 2.24) is 25.3 Å². The van der Waals surface area contributed by atoms with Gasteiger partial charge in [-0.1, -0.05) is 48.5 Å². The number of para-hydroxylation sites is 1. The minimum atomic E-state index is -0.153. The standard InChI is InChI=1S/C27H33N7O/c28-17-24-25(32-34(26(24)29)23-12-5-2-6-13-23)14-7-15-30-27(35)31-18-22-11-8-16-33(20-22)19-21-9-3-1-4-10-21/h1-6,9-10,12-13,22H,7-8,11,14-16,18-20,29H2,(H2,30,31,35). The number of rotatable bonds is 9. The van der Waals surface area contributed by atoms with Gasteiger partial charge < -0.3 is 16.4 Å². The fourth-order valence-corrected chi connectivity index (χ4v) is 4.60. The minimum absolute atomic E-state index is 0.153. The van der Waals surface area contributed by atoms with E-state index < -0.39 is 0 Å². The number of hydrogen-bond donors (Lipinski definition) is 3. The van der Waals surface area contributed by atoms with Gasteiger partial charge >= 0.3 is 6.03 Å². The van der Waals surface area contributed by atoms with Crippen LogP contribution in [0, 0.1) is 17.2 Å². The number of likely N-dealkylation sites (tertiary alicyclic amines) is 1.